The molecule has 2 fully saturated rings. The molecule has 0 aromatic carbocycles. The Morgan fingerprint density at radius 3 is 2.20 bits per heavy atom. The van der Waals surface area contributed by atoms with E-state index in [1.807, 2.05) is 0 Å². The normalized spacial score (nSPS) is 31.5. The van der Waals surface area contributed by atoms with Crippen LogP contribution in [0.15, 0.2) is 11.5 Å². The predicted octanol–water partition coefficient (Wildman–Crippen LogP) is 1.96. The minimum absolute atomic E-state index is 0.216. The van der Waals surface area contributed by atoms with Gasteiger partial charge in [0, 0.05) is 0 Å². The highest BCUT2D eigenvalue weighted by atomic mass is 16.7. The summed E-state index contributed by atoms with van der Waals surface area (Å²) in [5.74, 6) is 2.06. The lowest BCUT2D eigenvalue weighted by atomic mass is 9.87. The highest BCUT2D eigenvalue weighted by molar-refractivity contribution is 6.51. The van der Waals surface area contributed by atoms with Crippen molar-refractivity contribution in [3.8, 4) is 0 Å². The molecule has 2 aliphatic heterocycles. The summed E-state index contributed by atoms with van der Waals surface area (Å²) in [6.45, 7) is 9.82. The van der Waals surface area contributed by atoms with E-state index >= 15 is 0 Å². The van der Waals surface area contributed by atoms with E-state index in [2.05, 4.69) is 33.7 Å². The van der Waals surface area contributed by atoms with Crippen LogP contribution in [0.4, 0.5) is 0 Å². The maximum Gasteiger partial charge on any atom is 0.487 e. The van der Waals surface area contributed by atoms with Crippen LogP contribution in [0.3, 0.4) is 0 Å². The quantitative estimate of drug-likeness (QED) is 0.619. The van der Waals surface area contributed by atoms with Crippen LogP contribution in [-0.2, 0) is 14.0 Å². The molecule has 0 aromatic rings. The monoisotopic (exact) mass is 210 g/mol. The Morgan fingerprint density at radius 1 is 1.13 bits per heavy atom. The molecular formula is C11H19BO3. The highest BCUT2D eigenvalue weighted by Gasteiger charge is 2.50. The smallest absolute Gasteiger partial charge is 0.400 e. The molecule has 0 saturated carbocycles. The van der Waals surface area contributed by atoms with Gasteiger partial charge >= 0.3 is 7.12 Å². The Bertz CT molecular complexity index is 260. The van der Waals surface area contributed by atoms with Crippen molar-refractivity contribution in [2.45, 2.75) is 45.3 Å². The molecule has 0 bridgehead atoms. The van der Waals surface area contributed by atoms with Gasteiger partial charge in [-0.2, -0.15) is 0 Å². The molecule has 0 amide bonds. The summed E-state index contributed by atoms with van der Waals surface area (Å²) in [4.78, 5) is 0. The fourth-order valence-corrected chi connectivity index (χ4v) is 1.76. The van der Waals surface area contributed by atoms with Crippen molar-refractivity contribution in [3.05, 3.63) is 11.5 Å². The van der Waals surface area contributed by atoms with Crippen LogP contribution < -0.4 is 0 Å². The molecule has 2 saturated heterocycles. The van der Waals surface area contributed by atoms with Crippen LogP contribution in [0.1, 0.15) is 34.1 Å². The van der Waals surface area contributed by atoms with Crippen molar-refractivity contribution >= 4 is 7.12 Å². The van der Waals surface area contributed by atoms with Gasteiger partial charge in [0.15, 0.2) is 0 Å². The van der Waals surface area contributed by atoms with Gasteiger partial charge in [-0.3, -0.25) is 0 Å². The summed E-state index contributed by atoms with van der Waals surface area (Å²) in [5.41, 5.74) is 0.802. The predicted molar refractivity (Wildman–Crippen MR) is 59.6 cm³/mol. The lowest BCUT2D eigenvalue weighted by molar-refractivity contribution is 0.00578. The first-order valence-corrected chi connectivity index (χ1v) is 5.54. The van der Waals surface area contributed by atoms with Crippen LogP contribution >= 0.6 is 0 Å². The first kappa shape index (κ1) is 11.2. The van der Waals surface area contributed by atoms with Crippen molar-refractivity contribution < 1.29 is 14.0 Å². The number of rotatable bonds is 1. The lowest BCUT2D eigenvalue weighted by Crippen LogP contribution is -2.41. The van der Waals surface area contributed by atoms with Crippen molar-refractivity contribution in [2.24, 2.45) is 0 Å². The molecule has 0 spiro atoms. The van der Waals surface area contributed by atoms with E-state index in [-0.39, 0.29) is 18.3 Å². The van der Waals surface area contributed by atoms with Gasteiger partial charge in [0.1, 0.15) is 0 Å². The molecular weight excluding hydrogens is 191 g/mol. The van der Waals surface area contributed by atoms with Crippen LogP contribution in [0, 0.1) is 0 Å². The molecule has 0 aliphatic carbocycles. The van der Waals surface area contributed by atoms with Crippen LogP contribution in [0.25, 0.3) is 0 Å². The summed E-state index contributed by atoms with van der Waals surface area (Å²) in [5, 5.41) is 0. The van der Waals surface area contributed by atoms with E-state index < -0.39 is 0 Å². The Balaban J connectivity index is 2.06. The first-order valence-electron chi connectivity index (χ1n) is 5.54. The minimum Gasteiger partial charge on any atom is -0.400 e. The Labute approximate surface area is 91.9 Å². The largest absolute Gasteiger partial charge is 0.487 e. The summed E-state index contributed by atoms with van der Waals surface area (Å²) >= 11 is 0. The van der Waals surface area contributed by atoms with Gasteiger partial charge in [0.25, 0.3) is 0 Å². The van der Waals surface area contributed by atoms with E-state index in [4.69, 9.17) is 14.0 Å². The first-order chi connectivity index (χ1) is 6.91. The van der Waals surface area contributed by atoms with Gasteiger partial charge in [0.05, 0.1) is 24.4 Å². The molecule has 3 nitrogen and oxygen atoms in total. The van der Waals surface area contributed by atoms with Gasteiger partial charge in [-0.15, -0.1) is 0 Å². The topological polar surface area (TPSA) is 27.7 Å². The number of ether oxygens (including phenoxy) is 1. The van der Waals surface area contributed by atoms with Gasteiger partial charge in [-0.1, -0.05) is 5.98 Å². The zero-order valence-electron chi connectivity index (χ0n) is 10.0. The third-order valence-corrected chi connectivity index (χ3v) is 3.50. The molecule has 2 rings (SSSR count). The maximum atomic E-state index is 5.87. The lowest BCUT2D eigenvalue weighted by Gasteiger charge is -2.32. The number of hydrogen-bond donors (Lipinski definition) is 0. The van der Waals surface area contributed by atoms with Crippen molar-refractivity contribution in [1.29, 1.82) is 0 Å². The second kappa shape index (κ2) is 3.61. The van der Waals surface area contributed by atoms with Gasteiger partial charge in [-0.05, 0) is 39.7 Å². The summed E-state index contributed by atoms with van der Waals surface area (Å²) < 4.78 is 17.0. The second-order valence-electron chi connectivity index (χ2n) is 5.25. The zero-order chi connectivity index (χ0) is 11.1. The fourth-order valence-electron chi connectivity index (χ4n) is 1.76. The third-order valence-electron chi connectivity index (χ3n) is 3.50. The molecule has 0 unspecified atom stereocenters. The molecule has 0 radical (unpaired) electrons. The maximum absolute atomic E-state index is 5.87. The number of hydrogen-bond acceptors (Lipinski definition) is 3. The van der Waals surface area contributed by atoms with E-state index in [0.29, 0.717) is 0 Å². The van der Waals surface area contributed by atoms with E-state index in [9.17, 15) is 0 Å². The van der Waals surface area contributed by atoms with Gasteiger partial charge in [0.2, 0.25) is 0 Å². The molecule has 2 aliphatic rings. The van der Waals surface area contributed by atoms with Gasteiger partial charge < -0.3 is 14.0 Å². The minimum atomic E-state index is -0.242. The fraction of sp³-hybridized carbons (Fsp3) is 0.818. The van der Waals surface area contributed by atoms with Crippen molar-refractivity contribution in [3.63, 3.8) is 0 Å². The van der Waals surface area contributed by atoms with Crippen LogP contribution in [0.5, 0.6) is 0 Å². The SMILES string of the molecule is CC1(C)OB(/C=C2\CCOC2)OC1(C)C. The summed E-state index contributed by atoms with van der Waals surface area (Å²) in [6.07, 6.45) is 1.00. The third kappa shape index (κ3) is 2.12. The van der Waals surface area contributed by atoms with Crippen molar-refractivity contribution in [2.75, 3.05) is 13.2 Å². The van der Waals surface area contributed by atoms with E-state index in [1.165, 1.54) is 5.57 Å². The molecule has 0 aromatic heterocycles. The standard InChI is InChI=1S/C11H19BO3/c1-10(2)11(3,4)15-12(14-10)7-9-5-6-13-8-9/h7H,5-6,8H2,1-4H3/b9-7+. The summed E-state index contributed by atoms with van der Waals surface area (Å²) in [6, 6.07) is 0. The average Bonchev–Trinajstić information content (AvgIpc) is 2.59. The highest BCUT2D eigenvalue weighted by Crippen LogP contribution is 2.37. The molecule has 15 heavy (non-hydrogen) atoms. The van der Waals surface area contributed by atoms with E-state index in [0.717, 1.165) is 19.6 Å². The molecule has 0 atom stereocenters. The molecule has 84 valence electrons. The molecule has 2 heterocycles. The Hall–Kier alpha value is -0.315. The van der Waals surface area contributed by atoms with Crippen LogP contribution in [0.2, 0.25) is 0 Å². The molecule has 0 N–H and O–H groups in total. The average molecular weight is 210 g/mol. The van der Waals surface area contributed by atoms with Crippen molar-refractivity contribution in [1.82, 2.24) is 0 Å². The van der Waals surface area contributed by atoms with Crippen LogP contribution in [-0.4, -0.2) is 31.5 Å². The Kier molecular flexibility index (Phi) is 2.69. The zero-order valence-corrected chi connectivity index (χ0v) is 10.0. The second-order valence-corrected chi connectivity index (χ2v) is 5.25. The van der Waals surface area contributed by atoms with E-state index in [1.54, 1.807) is 0 Å². The van der Waals surface area contributed by atoms with Gasteiger partial charge in [-0.25, -0.2) is 0 Å². The Morgan fingerprint density at radius 2 is 1.73 bits per heavy atom. The molecule has 4 heteroatoms. The summed E-state index contributed by atoms with van der Waals surface area (Å²) in [7, 11) is -0.216.